The molecule has 1 saturated heterocycles. The maximum absolute atomic E-state index is 14.7. The molecule has 2 aliphatic heterocycles. The first kappa shape index (κ1) is 45.4. The SMILES string of the molecule is COCC(C)(C)OC(=O)NC1CCCCCC=CC2CCC2(C(=O)NS(=O)(=O)C2(C)CC2)NC(=O)C2CC(CCc3c(O)c(C)nc4ccc(OC(F)(F)F)cc34)CN2C1. The average molecular weight is 866 g/mol. The number of hydrogen-bond acceptors (Lipinski definition) is 11. The molecule has 3 heterocycles. The van der Waals surface area contributed by atoms with Crippen LogP contribution >= 0.6 is 0 Å². The Morgan fingerprint density at radius 3 is 2.52 bits per heavy atom. The van der Waals surface area contributed by atoms with E-state index in [4.69, 9.17) is 9.47 Å². The van der Waals surface area contributed by atoms with E-state index in [0.717, 1.165) is 25.7 Å². The van der Waals surface area contributed by atoms with E-state index in [1.165, 1.54) is 25.3 Å². The Morgan fingerprint density at radius 1 is 1.10 bits per heavy atom. The summed E-state index contributed by atoms with van der Waals surface area (Å²) in [7, 11) is -2.50. The third-order valence-corrected chi connectivity index (χ3v) is 14.7. The van der Waals surface area contributed by atoms with Gasteiger partial charge in [-0.05, 0) is 116 Å². The molecule has 3 fully saturated rings. The topological polar surface area (TPSA) is 185 Å². The quantitative estimate of drug-likeness (QED) is 0.192. The highest BCUT2D eigenvalue weighted by atomic mass is 32.2. The summed E-state index contributed by atoms with van der Waals surface area (Å²) < 4.78 is 82.4. The Morgan fingerprint density at radius 2 is 1.85 bits per heavy atom. The van der Waals surface area contributed by atoms with Crippen LogP contribution in [0.25, 0.3) is 10.9 Å². The van der Waals surface area contributed by atoms with Crippen LogP contribution in [0.15, 0.2) is 30.4 Å². The lowest BCUT2D eigenvalue weighted by atomic mass is 9.65. The van der Waals surface area contributed by atoms with Gasteiger partial charge in [0, 0.05) is 43.1 Å². The Labute approximate surface area is 349 Å². The number of rotatable bonds is 11. The first-order valence-corrected chi connectivity index (χ1v) is 22.3. The van der Waals surface area contributed by atoms with Crippen molar-refractivity contribution in [2.24, 2.45) is 11.8 Å². The lowest BCUT2D eigenvalue weighted by Gasteiger charge is -2.48. The standard InChI is InChI=1S/C42H58F3N5O9S/c1-26-35(51)31(32-22-30(58-42(43,44)45)14-16-33(32)46-26)15-13-27-21-34-36(52)48-41(37(53)49-60(55,56)40(4)19-20-40)18-17-28(41)11-9-7-6-8-10-12-29(24-50(34)23-27)47-38(54)59-39(2,3)25-57-5/h9,11,14,16,22,27-29,34,51H,6-8,10,12-13,15,17-21,23-25H2,1-5H3,(H,47,54)(H,48,52)(H,49,53). The van der Waals surface area contributed by atoms with Crippen molar-refractivity contribution in [3.63, 3.8) is 0 Å². The molecule has 4 aliphatic rings. The second-order valence-corrected chi connectivity index (χ2v) is 20.0. The van der Waals surface area contributed by atoms with E-state index < -0.39 is 73.9 Å². The predicted octanol–water partition coefficient (Wildman–Crippen LogP) is 6.07. The number of pyridine rings is 1. The fraction of sp³-hybridized carbons (Fsp3) is 0.667. The van der Waals surface area contributed by atoms with E-state index in [9.17, 15) is 41.1 Å². The number of amides is 3. The molecular weight excluding hydrogens is 808 g/mol. The number of ether oxygens (including phenoxy) is 3. The number of benzene rings is 1. The third kappa shape index (κ3) is 10.5. The number of aromatic hydroxyl groups is 1. The molecule has 2 saturated carbocycles. The largest absolute Gasteiger partial charge is 0.573 e. The second-order valence-electron chi connectivity index (χ2n) is 17.8. The Balaban J connectivity index is 1.29. The third-order valence-electron chi connectivity index (χ3n) is 12.5. The number of halogens is 3. The van der Waals surface area contributed by atoms with Crippen LogP contribution in [0.3, 0.4) is 0 Å². The number of nitrogens with zero attached hydrogens (tertiary/aromatic N) is 2. The number of allylic oxidation sites excluding steroid dienone is 1. The molecule has 0 radical (unpaired) electrons. The normalized spacial score (nSPS) is 26.4. The van der Waals surface area contributed by atoms with Crippen molar-refractivity contribution >= 4 is 38.8 Å². The van der Waals surface area contributed by atoms with E-state index >= 15 is 0 Å². The monoisotopic (exact) mass is 865 g/mol. The maximum atomic E-state index is 14.7. The smallest absolute Gasteiger partial charge is 0.506 e. The Bertz CT molecular complexity index is 2080. The molecule has 60 heavy (non-hydrogen) atoms. The number of carbonyl (C=O) groups is 3. The fourth-order valence-electron chi connectivity index (χ4n) is 8.76. The highest BCUT2D eigenvalue weighted by molar-refractivity contribution is 7.91. The van der Waals surface area contributed by atoms with Gasteiger partial charge in [-0.15, -0.1) is 13.2 Å². The van der Waals surface area contributed by atoms with E-state index in [-0.39, 0.29) is 37.7 Å². The molecule has 332 valence electrons. The van der Waals surface area contributed by atoms with Crippen molar-refractivity contribution in [2.75, 3.05) is 26.8 Å². The summed E-state index contributed by atoms with van der Waals surface area (Å²) in [4.78, 5) is 48.4. The molecule has 18 heteroatoms. The minimum atomic E-state index is -4.92. The van der Waals surface area contributed by atoms with Crippen LogP contribution in [-0.2, 0) is 35.5 Å². The zero-order valence-corrected chi connectivity index (χ0v) is 35.8. The molecule has 1 aromatic carbocycles. The van der Waals surface area contributed by atoms with Crippen LogP contribution in [0.1, 0.15) is 103 Å². The Kier molecular flexibility index (Phi) is 13.4. The van der Waals surface area contributed by atoms with Gasteiger partial charge in [0.25, 0.3) is 5.91 Å². The predicted molar refractivity (Wildman–Crippen MR) is 217 cm³/mol. The number of carbonyl (C=O) groups excluding carboxylic acids is 3. The van der Waals surface area contributed by atoms with Crippen molar-refractivity contribution in [3.8, 4) is 11.5 Å². The van der Waals surface area contributed by atoms with Gasteiger partial charge in [-0.2, -0.15) is 0 Å². The van der Waals surface area contributed by atoms with Gasteiger partial charge in [0.05, 0.1) is 28.6 Å². The minimum absolute atomic E-state index is 0.150. The molecule has 5 atom stereocenters. The molecule has 2 aromatic rings. The van der Waals surface area contributed by atoms with Crippen molar-refractivity contribution in [1.82, 2.24) is 25.2 Å². The van der Waals surface area contributed by atoms with Gasteiger partial charge in [0.2, 0.25) is 15.9 Å². The number of aryl methyl sites for hydroxylation is 2. The van der Waals surface area contributed by atoms with E-state index in [1.807, 2.05) is 17.1 Å². The van der Waals surface area contributed by atoms with Crippen LogP contribution in [0.5, 0.6) is 11.5 Å². The summed E-state index contributed by atoms with van der Waals surface area (Å²) >= 11 is 0. The van der Waals surface area contributed by atoms with Crippen LogP contribution in [0.4, 0.5) is 18.0 Å². The summed E-state index contributed by atoms with van der Waals surface area (Å²) in [5, 5.41) is 17.5. The molecule has 1 aromatic heterocycles. The number of alkyl halides is 3. The van der Waals surface area contributed by atoms with Crippen LogP contribution in [0, 0.1) is 18.8 Å². The van der Waals surface area contributed by atoms with Gasteiger partial charge < -0.3 is 30.0 Å². The minimum Gasteiger partial charge on any atom is -0.506 e. The van der Waals surface area contributed by atoms with Gasteiger partial charge in [-0.3, -0.25) is 19.2 Å². The number of aromatic nitrogens is 1. The lowest BCUT2D eigenvalue weighted by molar-refractivity contribution is -0.274. The second kappa shape index (κ2) is 17.7. The first-order chi connectivity index (χ1) is 28.1. The zero-order chi connectivity index (χ0) is 43.7. The Hall–Kier alpha value is -4.16. The summed E-state index contributed by atoms with van der Waals surface area (Å²) in [5.74, 6) is -2.43. The number of hydrogen-bond donors (Lipinski definition) is 4. The number of sulfonamides is 1. The number of alkyl carbamates (subject to hydrolysis) is 1. The number of methoxy groups -OCH3 is 1. The van der Waals surface area contributed by atoms with Crippen molar-refractivity contribution in [3.05, 3.63) is 41.6 Å². The summed E-state index contributed by atoms with van der Waals surface area (Å²) in [6.07, 6.45) is 4.72. The first-order valence-electron chi connectivity index (χ1n) is 20.8. The van der Waals surface area contributed by atoms with Crippen molar-refractivity contribution < 1.29 is 55.3 Å². The molecular formula is C42H58F3N5O9S. The van der Waals surface area contributed by atoms with Crippen LogP contribution < -0.4 is 20.1 Å². The van der Waals surface area contributed by atoms with Gasteiger partial charge in [0.15, 0.2) is 0 Å². The van der Waals surface area contributed by atoms with Crippen molar-refractivity contribution in [2.45, 2.75) is 139 Å². The molecule has 4 N–H and O–H groups in total. The highest BCUT2D eigenvalue weighted by Gasteiger charge is 2.58. The average Bonchev–Trinajstić information content (AvgIpc) is 3.78. The maximum Gasteiger partial charge on any atom is 0.573 e. The van der Waals surface area contributed by atoms with Gasteiger partial charge in [-0.25, -0.2) is 18.2 Å². The molecule has 5 unspecified atom stereocenters. The summed E-state index contributed by atoms with van der Waals surface area (Å²) in [6, 6.07) is 2.54. The van der Waals surface area contributed by atoms with E-state index in [2.05, 4.69) is 25.1 Å². The molecule has 6 rings (SSSR count). The lowest BCUT2D eigenvalue weighted by Crippen LogP contribution is -2.70. The molecule has 0 bridgehead atoms. The number of nitrogens with one attached hydrogen (secondary N) is 3. The molecule has 3 amide bonds. The van der Waals surface area contributed by atoms with Crippen LogP contribution in [-0.4, -0.2) is 102 Å². The summed E-state index contributed by atoms with van der Waals surface area (Å²) in [6.45, 7) is 7.46. The van der Waals surface area contributed by atoms with Gasteiger partial charge in [0.1, 0.15) is 22.6 Å². The highest BCUT2D eigenvalue weighted by Crippen LogP contribution is 2.45. The number of fused-ring (bicyclic) bond motifs is 3. The van der Waals surface area contributed by atoms with E-state index in [1.54, 1.807) is 27.7 Å². The van der Waals surface area contributed by atoms with Gasteiger partial charge in [-0.1, -0.05) is 25.0 Å². The fourth-order valence-corrected chi connectivity index (χ4v) is 10.1. The zero-order valence-electron chi connectivity index (χ0n) is 35.0. The molecule has 14 nitrogen and oxygen atoms in total. The molecule has 2 aliphatic carbocycles. The van der Waals surface area contributed by atoms with Crippen LogP contribution in [0.2, 0.25) is 0 Å². The van der Waals surface area contributed by atoms with Gasteiger partial charge >= 0.3 is 12.5 Å². The van der Waals surface area contributed by atoms with Crippen molar-refractivity contribution in [1.29, 1.82) is 0 Å². The summed E-state index contributed by atoms with van der Waals surface area (Å²) in [5.41, 5.74) is -1.33. The molecule has 0 spiro atoms. The van der Waals surface area contributed by atoms with E-state index in [0.29, 0.717) is 67.2 Å².